The van der Waals surface area contributed by atoms with E-state index in [1.165, 1.54) is 13.0 Å². The molecule has 0 radical (unpaired) electrons. The van der Waals surface area contributed by atoms with E-state index < -0.39 is 0 Å². The van der Waals surface area contributed by atoms with Gasteiger partial charge in [0, 0.05) is 32.4 Å². The molecule has 7 heteroatoms. The summed E-state index contributed by atoms with van der Waals surface area (Å²) >= 11 is 3.49. The van der Waals surface area contributed by atoms with Crippen molar-refractivity contribution in [1.82, 2.24) is 14.9 Å². The van der Waals surface area contributed by atoms with Gasteiger partial charge in [-0.1, -0.05) is 6.92 Å². The van der Waals surface area contributed by atoms with Crippen LogP contribution in [0, 0.1) is 0 Å². The van der Waals surface area contributed by atoms with Crippen molar-refractivity contribution >= 4 is 27.7 Å². The van der Waals surface area contributed by atoms with Crippen LogP contribution in [0.25, 0.3) is 0 Å². The number of rotatable bonds is 4. The monoisotopic (exact) mass is 314 g/mol. The Hall–Kier alpha value is -0.920. The summed E-state index contributed by atoms with van der Waals surface area (Å²) in [5.41, 5.74) is 2.48. The van der Waals surface area contributed by atoms with Crippen molar-refractivity contribution in [3.05, 3.63) is 10.7 Å². The number of nitrogens with zero attached hydrogens (tertiary/aromatic N) is 4. The predicted octanol–water partition coefficient (Wildman–Crippen LogP) is 1.06. The number of nitrogen functional groups attached to an aromatic ring is 1. The summed E-state index contributed by atoms with van der Waals surface area (Å²) in [6, 6.07) is 0. The molecular weight excluding hydrogens is 296 g/mol. The molecule has 100 valence electrons. The molecule has 0 aromatic carbocycles. The van der Waals surface area contributed by atoms with Gasteiger partial charge in [-0.05, 0) is 28.9 Å². The van der Waals surface area contributed by atoms with Gasteiger partial charge < -0.3 is 4.90 Å². The van der Waals surface area contributed by atoms with Gasteiger partial charge in [0.2, 0.25) is 5.95 Å². The minimum absolute atomic E-state index is 0.448. The van der Waals surface area contributed by atoms with Gasteiger partial charge in [-0.15, -0.1) is 0 Å². The molecule has 1 aliphatic heterocycles. The van der Waals surface area contributed by atoms with E-state index in [1.54, 1.807) is 6.20 Å². The normalized spacial score (nSPS) is 16.9. The number of hydrogen-bond donors (Lipinski definition) is 2. The average molecular weight is 315 g/mol. The van der Waals surface area contributed by atoms with Gasteiger partial charge in [0.15, 0.2) is 0 Å². The number of piperazine rings is 1. The van der Waals surface area contributed by atoms with E-state index in [0.29, 0.717) is 5.95 Å². The first-order valence-electron chi connectivity index (χ1n) is 6.21. The van der Waals surface area contributed by atoms with Gasteiger partial charge in [-0.25, -0.2) is 10.8 Å². The Morgan fingerprint density at radius 2 is 2.11 bits per heavy atom. The summed E-state index contributed by atoms with van der Waals surface area (Å²) < 4.78 is 0.908. The SMILES string of the molecule is CCCN1CCN(c2nc(NN)ncc2Br)CC1. The summed E-state index contributed by atoms with van der Waals surface area (Å²) in [5.74, 6) is 6.70. The first kappa shape index (κ1) is 13.5. The van der Waals surface area contributed by atoms with Crippen LogP contribution in [0.5, 0.6) is 0 Å². The fourth-order valence-electron chi connectivity index (χ4n) is 2.15. The second kappa shape index (κ2) is 6.31. The largest absolute Gasteiger partial charge is 0.353 e. The highest BCUT2D eigenvalue weighted by Gasteiger charge is 2.19. The first-order valence-corrected chi connectivity index (χ1v) is 7.00. The molecule has 1 saturated heterocycles. The van der Waals surface area contributed by atoms with Crippen molar-refractivity contribution in [3.63, 3.8) is 0 Å². The van der Waals surface area contributed by atoms with Crippen LogP contribution in [-0.4, -0.2) is 47.6 Å². The molecule has 3 N–H and O–H groups in total. The zero-order chi connectivity index (χ0) is 13.0. The van der Waals surface area contributed by atoms with E-state index in [-0.39, 0.29) is 0 Å². The Morgan fingerprint density at radius 1 is 1.39 bits per heavy atom. The van der Waals surface area contributed by atoms with E-state index in [1.807, 2.05) is 0 Å². The second-order valence-electron chi connectivity index (χ2n) is 4.34. The molecule has 0 atom stereocenters. The molecule has 1 aromatic rings. The lowest BCUT2D eigenvalue weighted by Gasteiger charge is -2.35. The standard InChI is InChI=1S/C11H19BrN6/c1-2-3-17-4-6-18(7-5-17)10-9(12)8-14-11(15-10)16-13/h8H,2-7,13H2,1H3,(H,14,15,16). The molecule has 0 bridgehead atoms. The second-order valence-corrected chi connectivity index (χ2v) is 5.19. The molecule has 18 heavy (non-hydrogen) atoms. The van der Waals surface area contributed by atoms with E-state index in [2.05, 4.69) is 48.0 Å². The third kappa shape index (κ3) is 3.09. The molecule has 2 heterocycles. The number of halogens is 1. The lowest BCUT2D eigenvalue weighted by atomic mass is 10.3. The van der Waals surface area contributed by atoms with Crippen LogP contribution in [0.15, 0.2) is 10.7 Å². The lowest BCUT2D eigenvalue weighted by molar-refractivity contribution is 0.258. The van der Waals surface area contributed by atoms with Gasteiger partial charge in [-0.2, -0.15) is 4.98 Å². The maximum atomic E-state index is 5.34. The highest BCUT2D eigenvalue weighted by molar-refractivity contribution is 9.10. The molecule has 0 spiro atoms. The Bertz CT molecular complexity index is 391. The fraction of sp³-hybridized carbons (Fsp3) is 0.636. The van der Waals surface area contributed by atoms with Crippen LogP contribution >= 0.6 is 15.9 Å². The van der Waals surface area contributed by atoms with Crippen molar-refractivity contribution < 1.29 is 0 Å². The Kier molecular flexibility index (Phi) is 4.73. The summed E-state index contributed by atoms with van der Waals surface area (Å²) in [5, 5.41) is 0. The maximum absolute atomic E-state index is 5.34. The van der Waals surface area contributed by atoms with Gasteiger partial charge >= 0.3 is 0 Å². The third-order valence-corrected chi connectivity index (χ3v) is 3.63. The number of aromatic nitrogens is 2. The molecular formula is C11H19BrN6. The molecule has 6 nitrogen and oxygen atoms in total. The van der Waals surface area contributed by atoms with Crippen molar-refractivity contribution in [2.24, 2.45) is 5.84 Å². The number of nitrogens with two attached hydrogens (primary N) is 1. The van der Waals surface area contributed by atoms with Crippen LogP contribution < -0.4 is 16.2 Å². The summed E-state index contributed by atoms with van der Waals surface area (Å²) in [6.07, 6.45) is 2.94. The molecule has 0 aliphatic carbocycles. The van der Waals surface area contributed by atoms with E-state index in [4.69, 9.17) is 5.84 Å². The van der Waals surface area contributed by atoms with Gasteiger partial charge in [0.05, 0.1) is 4.47 Å². The smallest absolute Gasteiger partial charge is 0.239 e. The van der Waals surface area contributed by atoms with Crippen LogP contribution in [-0.2, 0) is 0 Å². The average Bonchev–Trinajstić information content (AvgIpc) is 2.41. The quantitative estimate of drug-likeness (QED) is 0.639. The van der Waals surface area contributed by atoms with Crippen molar-refractivity contribution in [3.8, 4) is 0 Å². The number of nitrogens with one attached hydrogen (secondary N) is 1. The molecule has 0 saturated carbocycles. The zero-order valence-electron chi connectivity index (χ0n) is 10.6. The molecule has 2 rings (SSSR count). The predicted molar refractivity (Wildman–Crippen MR) is 76.5 cm³/mol. The summed E-state index contributed by atoms with van der Waals surface area (Å²) in [7, 11) is 0. The van der Waals surface area contributed by atoms with Crippen molar-refractivity contribution in [1.29, 1.82) is 0 Å². The minimum Gasteiger partial charge on any atom is -0.353 e. The van der Waals surface area contributed by atoms with Crippen LogP contribution in [0.2, 0.25) is 0 Å². The summed E-state index contributed by atoms with van der Waals surface area (Å²) in [6.45, 7) is 7.52. The topological polar surface area (TPSA) is 70.3 Å². The molecule has 1 aromatic heterocycles. The Labute approximate surface area is 116 Å². The zero-order valence-corrected chi connectivity index (χ0v) is 12.2. The highest BCUT2D eigenvalue weighted by atomic mass is 79.9. The van der Waals surface area contributed by atoms with Crippen LogP contribution in [0.4, 0.5) is 11.8 Å². The number of anilines is 2. The molecule has 0 unspecified atom stereocenters. The molecule has 0 amide bonds. The van der Waals surface area contributed by atoms with Crippen molar-refractivity contribution in [2.75, 3.05) is 43.0 Å². The first-order chi connectivity index (χ1) is 8.74. The molecule has 1 aliphatic rings. The lowest BCUT2D eigenvalue weighted by Crippen LogP contribution is -2.47. The fourth-order valence-corrected chi connectivity index (χ4v) is 2.59. The molecule has 1 fully saturated rings. The van der Waals surface area contributed by atoms with Gasteiger partial charge in [0.25, 0.3) is 0 Å². The van der Waals surface area contributed by atoms with E-state index in [9.17, 15) is 0 Å². The van der Waals surface area contributed by atoms with Crippen LogP contribution in [0.1, 0.15) is 13.3 Å². The van der Waals surface area contributed by atoms with Gasteiger partial charge in [-0.3, -0.25) is 10.3 Å². The van der Waals surface area contributed by atoms with Gasteiger partial charge in [0.1, 0.15) is 5.82 Å². The maximum Gasteiger partial charge on any atom is 0.239 e. The minimum atomic E-state index is 0.448. The van der Waals surface area contributed by atoms with Crippen LogP contribution in [0.3, 0.4) is 0 Å². The van der Waals surface area contributed by atoms with E-state index in [0.717, 1.165) is 36.5 Å². The summed E-state index contributed by atoms with van der Waals surface area (Å²) in [4.78, 5) is 13.2. The van der Waals surface area contributed by atoms with E-state index >= 15 is 0 Å². The number of hydrogen-bond acceptors (Lipinski definition) is 6. The highest BCUT2D eigenvalue weighted by Crippen LogP contribution is 2.25. The Balaban J connectivity index is 2.04. The number of hydrazine groups is 1. The van der Waals surface area contributed by atoms with Crippen molar-refractivity contribution in [2.45, 2.75) is 13.3 Å². The Morgan fingerprint density at radius 3 is 2.72 bits per heavy atom. The third-order valence-electron chi connectivity index (χ3n) is 3.07.